The molecule has 0 spiro atoms. The number of carbonyl (C=O) groups is 1. The molecule has 98 valence electrons. The van der Waals surface area contributed by atoms with Gasteiger partial charge in [0.2, 0.25) is 5.91 Å². The van der Waals surface area contributed by atoms with Gasteiger partial charge in [-0.05, 0) is 31.5 Å². The Morgan fingerprint density at radius 1 is 1.50 bits per heavy atom. The number of amides is 1. The molecule has 5 nitrogen and oxygen atoms in total. The van der Waals surface area contributed by atoms with Crippen molar-refractivity contribution in [2.45, 2.75) is 32.0 Å². The summed E-state index contributed by atoms with van der Waals surface area (Å²) in [6.07, 6.45) is 3.44. The van der Waals surface area contributed by atoms with E-state index in [0.717, 1.165) is 5.56 Å². The summed E-state index contributed by atoms with van der Waals surface area (Å²) in [5.74, 6) is -0.0476. The lowest BCUT2D eigenvalue weighted by Crippen LogP contribution is -2.65. The number of aliphatic hydroxyl groups is 1. The molecule has 0 saturated carbocycles. The molecule has 2 rings (SSSR count). The van der Waals surface area contributed by atoms with E-state index in [0.29, 0.717) is 13.1 Å². The zero-order chi connectivity index (χ0) is 13.2. The molecule has 1 fully saturated rings. The SMILES string of the molecule is CC1(C)CN(Cc2ccncc2)C(=O)C(CO)N1. The van der Waals surface area contributed by atoms with Crippen molar-refractivity contribution < 1.29 is 9.90 Å². The van der Waals surface area contributed by atoms with E-state index >= 15 is 0 Å². The number of nitrogens with one attached hydrogen (secondary N) is 1. The normalized spacial score (nSPS) is 23.2. The van der Waals surface area contributed by atoms with Crippen molar-refractivity contribution in [1.82, 2.24) is 15.2 Å². The first kappa shape index (κ1) is 13.0. The summed E-state index contributed by atoms with van der Waals surface area (Å²) >= 11 is 0. The molecule has 1 amide bonds. The molecule has 0 radical (unpaired) electrons. The van der Waals surface area contributed by atoms with Crippen LogP contribution in [0.3, 0.4) is 0 Å². The van der Waals surface area contributed by atoms with Crippen molar-refractivity contribution in [2.75, 3.05) is 13.2 Å². The quantitative estimate of drug-likeness (QED) is 0.800. The Kier molecular flexibility index (Phi) is 3.63. The van der Waals surface area contributed by atoms with Gasteiger partial charge in [0, 0.05) is 31.0 Å². The van der Waals surface area contributed by atoms with Gasteiger partial charge in [0.05, 0.1) is 6.61 Å². The van der Waals surface area contributed by atoms with Gasteiger partial charge in [0.1, 0.15) is 6.04 Å². The molecule has 1 aromatic heterocycles. The Morgan fingerprint density at radius 2 is 2.17 bits per heavy atom. The van der Waals surface area contributed by atoms with Crippen LogP contribution in [0.1, 0.15) is 19.4 Å². The van der Waals surface area contributed by atoms with Gasteiger partial charge in [-0.25, -0.2) is 0 Å². The fourth-order valence-electron chi connectivity index (χ4n) is 2.32. The summed E-state index contributed by atoms with van der Waals surface area (Å²) in [4.78, 5) is 17.9. The van der Waals surface area contributed by atoms with Crippen LogP contribution in [-0.4, -0.2) is 45.6 Å². The number of aromatic nitrogens is 1. The average molecular weight is 249 g/mol. The molecular formula is C13H19N3O2. The summed E-state index contributed by atoms with van der Waals surface area (Å²) in [5, 5.41) is 12.4. The van der Waals surface area contributed by atoms with Gasteiger partial charge in [0.15, 0.2) is 0 Å². The number of pyridine rings is 1. The lowest BCUT2D eigenvalue weighted by molar-refractivity contribution is -0.140. The minimum Gasteiger partial charge on any atom is -0.394 e. The number of piperazine rings is 1. The first-order valence-corrected chi connectivity index (χ1v) is 6.08. The molecule has 2 N–H and O–H groups in total. The third-order valence-electron chi connectivity index (χ3n) is 3.07. The molecule has 1 saturated heterocycles. The maximum absolute atomic E-state index is 12.1. The molecule has 0 aromatic carbocycles. The van der Waals surface area contributed by atoms with Gasteiger partial charge in [-0.3, -0.25) is 15.1 Å². The highest BCUT2D eigenvalue weighted by Crippen LogP contribution is 2.17. The van der Waals surface area contributed by atoms with Crippen molar-refractivity contribution in [3.05, 3.63) is 30.1 Å². The van der Waals surface area contributed by atoms with Crippen LogP contribution in [0.2, 0.25) is 0 Å². The Labute approximate surface area is 107 Å². The number of aliphatic hydroxyl groups excluding tert-OH is 1. The van der Waals surface area contributed by atoms with E-state index in [9.17, 15) is 9.90 Å². The van der Waals surface area contributed by atoms with Crippen LogP contribution in [0, 0.1) is 0 Å². The van der Waals surface area contributed by atoms with Crippen LogP contribution in [0.25, 0.3) is 0 Å². The lowest BCUT2D eigenvalue weighted by atomic mass is 9.97. The van der Waals surface area contributed by atoms with E-state index in [1.165, 1.54) is 0 Å². The summed E-state index contributed by atoms with van der Waals surface area (Å²) in [5.41, 5.74) is 0.863. The predicted octanol–water partition coefficient (Wildman–Crippen LogP) is 0.153. The van der Waals surface area contributed by atoms with Crippen molar-refractivity contribution in [1.29, 1.82) is 0 Å². The van der Waals surface area contributed by atoms with Crippen LogP contribution in [0.5, 0.6) is 0 Å². The number of nitrogens with zero attached hydrogens (tertiary/aromatic N) is 2. The number of rotatable bonds is 3. The molecule has 0 aliphatic carbocycles. The van der Waals surface area contributed by atoms with Gasteiger partial charge in [0.25, 0.3) is 0 Å². The van der Waals surface area contributed by atoms with Crippen molar-refractivity contribution in [2.24, 2.45) is 0 Å². The van der Waals surface area contributed by atoms with Crippen LogP contribution >= 0.6 is 0 Å². The van der Waals surface area contributed by atoms with Crippen LogP contribution in [0.15, 0.2) is 24.5 Å². The van der Waals surface area contributed by atoms with Crippen LogP contribution in [0.4, 0.5) is 0 Å². The fraction of sp³-hybridized carbons (Fsp3) is 0.538. The average Bonchev–Trinajstić information content (AvgIpc) is 2.34. The Bertz CT molecular complexity index is 420. The first-order valence-electron chi connectivity index (χ1n) is 6.08. The highest BCUT2D eigenvalue weighted by molar-refractivity contribution is 5.83. The van der Waals surface area contributed by atoms with Crippen LogP contribution < -0.4 is 5.32 Å². The van der Waals surface area contributed by atoms with Crippen molar-refractivity contribution >= 4 is 5.91 Å². The highest BCUT2D eigenvalue weighted by Gasteiger charge is 2.37. The largest absolute Gasteiger partial charge is 0.394 e. The van der Waals surface area contributed by atoms with Gasteiger partial charge in [-0.2, -0.15) is 0 Å². The van der Waals surface area contributed by atoms with Gasteiger partial charge < -0.3 is 10.0 Å². The first-order chi connectivity index (χ1) is 8.52. The van der Waals surface area contributed by atoms with E-state index in [1.54, 1.807) is 17.3 Å². The fourth-order valence-corrected chi connectivity index (χ4v) is 2.32. The van der Waals surface area contributed by atoms with Crippen molar-refractivity contribution in [3.8, 4) is 0 Å². The smallest absolute Gasteiger partial charge is 0.242 e. The zero-order valence-corrected chi connectivity index (χ0v) is 10.8. The van der Waals surface area contributed by atoms with Gasteiger partial charge in [-0.15, -0.1) is 0 Å². The molecule has 1 unspecified atom stereocenters. The van der Waals surface area contributed by atoms with Crippen LogP contribution in [-0.2, 0) is 11.3 Å². The molecular weight excluding hydrogens is 230 g/mol. The maximum atomic E-state index is 12.1. The van der Waals surface area contributed by atoms with E-state index in [2.05, 4.69) is 10.3 Å². The number of carbonyl (C=O) groups excluding carboxylic acids is 1. The van der Waals surface area contributed by atoms with Gasteiger partial charge >= 0.3 is 0 Å². The summed E-state index contributed by atoms with van der Waals surface area (Å²) in [6.45, 7) is 5.08. The summed E-state index contributed by atoms with van der Waals surface area (Å²) < 4.78 is 0. The summed E-state index contributed by atoms with van der Waals surface area (Å²) in [6, 6.07) is 3.29. The van der Waals surface area contributed by atoms with E-state index in [-0.39, 0.29) is 18.1 Å². The number of hydrogen-bond donors (Lipinski definition) is 2. The lowest BCUT2D eigenvalue weighted by Gasteiger charge is -2.42. The molecule has 0 bridgehead atoms. The van der Waals surface area contributed by atoms with E-state index < -0.39 is 6.04 Å². The molecule has 5 heteroatoms. The Hall–Kier alpha value is -1.46. The molecule has 1 aliphatic heterocycles. The second-order valence-corrected chi connectivity index (χ2v) is 5.31. The molecule has 18 heavy (non-hydrogen) atoms. The predicted molar refractivity (Wildman–Crippen MR) is 67.7 cm³/mol. The van der Waals surface area contributed by atoms with E-state index in [4.69, 9.17) is 0 Å². The van der Waals surface area contributed by atoms with Crippen molar-refractivity contribution in [3.63, 3.8) is 0 Å². The third kappa shape index (κ3) is 2.86. The number of hydrogen-bond acceptors (Lipinski definition) is 4. The zero-order valence-electron chi connectivity index (χ0n) is 10.8. The summed E-state index contributed by atoms with van der Waals surface area (Å²) in [7, 11) is 0. The monoisotopic (exact) mass is 249 g/mol. The minimum atomic E-state index is -0.504. The molecule has 2 heterocycles. The van der Waals surface area contributed by atoms with Gasteiger partial charge in [-0.1, -0.05) is 0 Å². The topological polar surface area (TPSA) is 65.5 Å². The minimum absolute atomic E-state index is 0.0476. The Morgan fingerprint density at radius 3 is 2.78 bits per heavy atom. The molecule has 1 aromatic rings. The highest BCUT2D eigenvalue weighted by atomic mass is 16.3. The van der Waals surface area contributed by atoms with E-state index in [1.807, 2.05) is 26.0 Å². The molecule has 1 aliphatic rings. The Balaban J connectivity index is 2.13. The second kappa shape index (κ2) is 5.04. The standard InChI is InChI=1S/C13H19N3O2/c1-13(2)9-16(12(18)11(8-17)15-13)7-10-3-5-14-6-4-10/h3-6,11,15,17H,7-9H2,1-2H3. The third-order valence-corrected chi connectivity index (χ3v) is 3.07. The second-order valence-electron chi connectivity index (χ2n) is 5.31. The maximum Gasteiger partial charge on any atom is 0.242 e. The molecule has 1 atom stereocenters.